The van der Waals surface area contributed by atoms with Gasteiger partial charge in [-0.15, -0.1) is 0 Å². The standard InChI is InChI=1S/C10H23N.C8H9NO2/c1-2-3-4-5-6-7-8-9-10-11;9-7(8(10)11)6-4-2-1-3-5-6/h2-11H2,1H3;1-5,7H,9H2,(H,10,11). The topological polar surface area (TPSA) is 89.3 Å². The van der Waals surface area contributed by atoms with Crippen molar-refractivity contribution in [2.75, 3.05) is 6.54 Å². The van der Waals surface area contributed by atoms with Crippen LogP contribution in [0.4, 0.5) is 0 Å². The summed E-state index contributed by atoms with van der Waals surface area (Å²) in [5.41, 5.74) is 11.4. The van der Waals surface area contributed by atoms with Gasteiger partial charge in [-0.2, -0.15) is 0 Å². The molecule has 0 amide bonds. The summed E-state index contributed by atoms with van der Waals surface area (Å²) in [6.45, 7) is 3.13. The van der Waals surface area contributed by atoms with Crippen molar-refractivity contribution in [1.29, 1.82) is 0 Å². The first-order chi connectivity index (χ1) is 10.6. The molecule has 1 rings (SSSR count). The van der Waals surface area contributed by atoms with Crippen molar-refractivity contribution < 1.29 is 9.90 Å². The highest BCUT2D eigenvalue weighted by Gasteiger charge is 2.12. The number of carbonyl (C=O) groups is 1. The first-order valence-corrected chi connectivity index (χ1v) is 8.36. The minimum Gasteiger partial charge on any atom is -0.480 e. The van der Waals surface area contributed by atoms with E-state index in [1.54, 1.807) is 24.3 Å². The molecule has 1 aromatic rings. The van der Waals surface area contributed by atoms with E-state index in [0.717, 1.165) is 6.54 Å². The van der Waals surface area contributed by atoms with Crippen molar-refractivity contribution in [2.45, 2.75) is 64.3 Å². The zero-order valence-corrected chi connectivity index (χ0v) is 13.8. The number of rotatable bonds is 10. The van der Waals surface area contributed by atoms with Crippen molar-refractivity contribution in [3.8, 4) is 0 Å². The fourth-order valence-corrected chi connectivity index (χ4v) is 2.08. The maximum Gasteiger partial charge on any atom is 0.325 e. The predicted octanol–water partition coefficient (Wildman–Crippen LogP) is 3.86. The summed E-state index contributed by atoms with van der Waals surface area (Å²) >= 11 is 0. The van der Waals surface area contributed by atoms with Gasteiger partial charge in [0.05, 0.1) is 0 Å². The van der Waals surface area contributed by atoms with Crippen LogP contribution in [-0.2, 0) is 4.79 Å². The van der Waals surface area contributed by atoms with Gasteiger partial charge in [-0.3, -0.25) is 4.79 Å². The van der Waals surface area contributed by atoms with Crippen LogP contribution in [0.5, 0.6) is 0 Å². The Bertz CT molecular complexity index is 361. The molecule has 22 heavy (non-hydrogen) atoms. The summed E-state index contributed by atoms with van der Waals surface area (Å²) in [7, 11) is 0. The van der Waals surface area contributed by atoms with E-state index in [-0.39, 0.29) is 0 Å². The number of unbranched alkanes of at least 4 members (excludes halogenated alkanes) is 7. The average molecular weight is 308 g/mol. The molecular weight excluding hydrogens is 276 g/mol. The van der Waals surface area contributed by atoms with Crippen molar-refractivity contribution >= 4 is 5.97 Å². The van der Waals surface area contributed by atoms with E-state index in [4.69, 9.17) is 16.6 Å². The van der Waals surface area contributed by atoms with Crippen LogP contribution in [0.15, 0.2) is 30.3 Å². The van der Waals surface area contributed by atoms with Gasteiger partial charge in [-0.25, -0.2) is 0 Å². The van der Waals surface area contributed by atoms with Crippen LogP contribution in [0, 0.1) is 0 Å². The number of nitrogens with two attached hydrogens (primary N) is 2. The van der Waals surface area contributed by atoms with Crippen molar-refractivity contribution in [3.63, 3.8) is 0 Å². The van der Waals surface area contributed by atoms with Crippen LogP contribution in [-0.4, -0.2) is 17.6 Å². The van der Waals surface area contributed by atoms with Crippen LogP contribution in [0.25, 0.3) is 0 Å². The van der Waals surface area contributed by atoms with Crippen molar-refractivity contribution in [2.24, 2.45) is 11.5 Å². The molecule has 0 aliphatic heterocycles. The van der Waals surface area contributed by atoms with E-state index in [1.165, 1.54) is 51.4 Å². The third-order valence-electron chi connectivity index (χ3n) is 3.48. The minimum atomic E-state index is -1.00. The Balaban J connectivity index is 0.000000401. The molecule has 0 saturated carbocycles. The molecule has 1 atom stereocenters. The lowest BCUT2D eigenvalue weighted by Crippen LogP contribution is -2.20. The molecule has 4 nitrogen and oxygen atoms in total. The molecule has 0 aromatic heterocycles. The monoisotopic (exact) mass is 308 g/mol. The Morgan fingerprint density at radius 1 is 1.00 bits per heavy atom. The van der Waals surface area contributed by atoms with E-state index in [1.807, 2.05) is 6.07 Å². The highest BCUT2D eigenvalue weighted by atomic mass is 16.4. The first-order valence-electron chi connectivity index (χ1n) is 8.36. The lowest BCUT2D eigenvalue weighted by atomic mass is 10.1. The molecule has 126 valence electrons. The summed E-state index contributed by atoms with van der Waals surface area (Å²) in [5.74, 6) is -1.00. The smallest absolute Gasteiger partial charge is 0.325 e. The average Bonchev–Trinajstić information content (AvgIpc) is 2.55. The molecule has 1 unspecified atom stereocenters. The molecule has 5 N–H and O–H groups in total. The number of hydrogen-bond donors (Lipinski definition) is 3. The summed E-state index contributed by atoms with van der Waals surface area (Å²) < 4.78 is 0. The minimum absolute atomic E-state index is 0.625. The predicted molar refractivity (Wildman–Crippen MR) is 92.7 cm³/mol. The van der Waals surface area contributed by atoms with Gasteiger partial charge < -0.3 is 16.6 Å². The molecule has 0 spiro atoms. The summed E-state index contributed by atoms with van der Waals surface area (Å²) in [6.07, 6.45) is 11.0. The molecule has 0 heterocycles. The summed E-state index contributed by atoms with van der Waals surface area (Å²) in [4.78, 5) is 10.4. The van der Waals surface area contributed by atoms with Crippen LogP contribution >= 0.6 is 0 Å². The molecule has 4 heteroatoms. The zero-order chi connectivity index (χ0) is 16.6. The molecule has 0 fully saturated rings. The zero-order valence-electron chi connectivity index (χ0n) is 13.8. The molecule has 0 saturated heterocycles. The number of hydrogen-bond acceptors (Lipinski definition) is 3. The van der Waals surface area contributed by atoms with Gasteiger partial charge >= 0.3 is 5.97 Å². The molecular formula is C18H32N2O2. The molecule has 0 bridgehead atoms. The second-order valence-corrected chi connectivity index (χ2v) is 5.49. The van der Waals surface area contributed by atoms with E-state index >= 15 is 0 Å². The molecule has 1 aromatic carbocycles. The van der Waals surface area contributed by atoms with Crippen molar-refractivity contribution in [3.05, 3.63) is 35.9 Å². The van der Waals surface area contributed by atoms with Gasteiger partial charge in [0.15, 0.2) is 0 Å². The van der Waals surface area contributed by atoms with E-state index in [9.17, 15) is 4.79 Å². The van der Waals surface area contributed by atoms with Crippen molar-refractivity contribution in [1.82, 2.24) is 0 Å². The van der Waals surface area contributed by atoms with Crippen LogP contribution in [0.3, 0.4) is 0 Å². The normalized spacial score (nSPS) is 11.4. The van der Waals surface area contributed by atoms with E-state index < -0.39 is 12.0 Å². The SMILES string of the molecule is CCCCCCCCCCN.NC(C(=O)O)c1ccccc1. The molecule has 0 aliphatic rings. The molecule has 0 radical (unpaired) electrons. The maximum atomic E-state index is 10.4. The maximum absolute atomic E-state index is 10.4. The van der Waals surface area contributed by atoms with E-state index in [0.29, 0.717) is 5.56 Å². The van der Waals surface area contributed by atoms with Gasteiger partial charge in [0.2, 0.25) is 0 Å². The van der Waals surface area contributed by atoms with Gasteiger partial charge in [-0.05, 0) is 18.5 Å². The lowest BCUT2D eigenvalue weighted by Gasteiger charge is -2.04. The quantitative estimate of drug-likeness (QED) is 0.573. The molecule has 0 aliphatic carbocycles. The van der Waals surface area contributed by atoms with Gasteiger partial charge in [0.25, 0.3) is 0 Å². The third-order valence-corrected chi connectivity index (χ3v) is 3.48. The second kappa shape index (κ2) is 14.5. The fourth-order valence-electron chi connectivity index (χ4n) is 2.08. The summed E-state index contributed by atoms with van der Waals surface area (Å²) in [6, 6.07) is 7.82. The second-order valence-electron chi connectivity index (χ2n) is 5.49. The Hall–Kier alpha value is -1.39. The van der Waals surface area contributed by atoms with Gasteiger partial charge in [0.1, 0.15) is 6.04 Å². The first kappa shape index (κ1) is 20.6. The Labute approximate surface area is 134 Å². The highest BCUT2D eigenvalue weighted by molar-refractivity contribution is 5.75. The lowest BCUT2D eigenvalue weighted by molar-refractivity contribution is -0.138. The van der Waals surface area contributed by atoms with Crippen LogP contribution in [0.1, 0.15) is 69.9 Å². The van der Waals surface area contributed by atoms with Crippen LogP contribution < -0.4 is 11.5 Å². The van der Waals surface area contributed by atoms with Crippen LogP contribution in [0.2, 0.25) is 0 Å². The third kappa shape index (κ3) is 11.3. The fraction of sp³-hybridized carbons (Fsp3) is 0.611. The van der Waals surface area contributed by atoms with Gasteiger partial charge in [0, 0.05) is 0 Å². The largest absolute Gasteiger partial charge is 0.480 e. The van der Waals surface area contributed by atoms with E-state index in [2.05, 4.69) is 6.92 Å². The number of benzene rings is 1. The Kier molecular flexibility index (Phi) is 13.6. The number of carboxylic acid groups (broad SMARTS) is 1. The summed E-state index contributed by atoms with van der Waals surface area (Å²) in [5, 5.41) is 8.51. The number of aliphatic carboxylic acids is 1. The highest BCUT2D eigenvalue weighted by Crippen LogP contribution is 2.08. The van der Waals surface area contributed by atoms with Gasteiger partial charge in [-0.1, -0.05) is 82.2 Å². The number of carboxylic acids is 1. The Morgan fingerprint density at radius 2 is 1.50 bits per heavy atom. The Morgan fingerprint density at radius 3 is 1.95 bits per heavy atom.